The number of methoxy groups -OCH3 is 6. The molecular weight excluding hydrogens is 1980 g/mol. The molecule has 3 aromatic rings. The number of carbonyl (C=O) groups excluding carboxylic acids is 6. The van der Waals surface area contributed by atoms with Gasteiger partial charge in [-0.2, -0.15) is 23.5 Å². The number of fused-ring (bicyclic) bond motifs is 2. The summed E-state index contributed by atoms with van der Waals surface area (Å²) in [7, 11) is 9.65. The molecule has 0 aromatic heterocycles. The number of carbonyl (C=O) groups is 6. The van der Waals surface area contributed by atoms with Crippen molar-refractivity contribution in [3.63, 3.8) is 0 Å². The molecule has 4 heterocycles. The molecule has 46 heteroatoms. The van der Waals surface area contributed by atoms with Gasteiger partial charge in [-0.25, -0.2) is 9.59 Å². The molecule has 6 unspecified atom stereocenters. The first kappa shape index (κ1) is 127. The molecule has 44 nitrogen and oxygen atoms in total. The third kappa shape index (κ3) is 57.7. The van der Waals surface area contributed by atoms with Gasteiger partial charge in [0.2, 0.25) is 11.8 Å². The van der Waals surface area contributed by atoms with E-state index in [0.29, 0.717) is 205 Å². The summed E-state index contributed by atoms with van der Waals surface area (Å²) in [4.78, 5) is 80.2. The zero-order chi connectivity index (χ0) is 105. The van der Waals surface area contributed by atoms with E-state index in [1.54, 1.807) is 79.1 Å². The number of rotatable bonds is 100. The normalized spacial score (nSPS) is 16.2. The van der Waals surface area contributed by atoms with Crippen LogP contribution in [-0.2, 0) is 123 Å². The highest BCUT2D eigenvalue weighted by atomic mass is 32.2. The second-order valence-electron chi connectivity index (χ2n) is 33.4. The van der Waals surface area contributed by atoms with Crippen LogP contribution in [0.3, 0.4) is 0 Å². The van der Waals surface area contributed by atoms with E-state index in [1.807, 2.05) is 47.8 Å². The first-order chi connectivity index (χ1) is 72.9. The molecule has 7 rings (SSSR count). The number of amides is 8. The summed E-state index contributed by atoms with van der Waals surface area (Å²) in [6, 6.07) is 10.3. The van der Waals surface area contributed by atoms with Gasteiger partial charge in [0, 0.05) is 126 Å². The topological polar surface area (TPSA) is 476 Å². The van der Waals surface area contributed by atoms with Crippen molar-refractivity contribution in [2.45, 2.75) is 86.0 Å². The van der Waals surface area contributed by atoms with Crippen LogP contribution >= 0.6 is 23.5 Å². The van der Waals surface area contributed by atoms with E-state index in [9.17, 15) is 28.8 Å². The van der Waals surface area contributed by atoms with E-state index in [1.165, 1.54) is 0 Å². The van der Waals surface area contributed by atoms with Gasteiger partial charge in [-0.15, -0.1) is 0 Å². The molecular formula is C102H166N8O36S2. The molecule has 842 valence electrons. The van der Waals surface area contributed by atoms with Gasteiger partial charge >= 0.3 is 12.1 Å². The monoisotopic (exact) mass is 2140 g/mol. The average molecular weight is 2140 g/mol. The van der Waals surface area contributed by atoms with E-state index >= 15 is 0 Å². The smallest absolute Gasteiger partial charge is 0.315 e. The Hall–Kier alpha value is -7.90. The summed E-state index contributed by atoms with van der Waals surface area (Å²) in [5.41, 5.74) is 2.13. The number of hydrogen-bond donors (Lipinski definition) is 8. The zero-order valence-electron chi connectivity index (χ0n) is 87.6. The standard InChI is InChI=1S/C102H166N8O36S2/c1-117-23-29-123-35-41-129-47-53-135-59-65-141-87-71-80(16-18-82-74-92(146-70-64-140-58-52-134-46-40-128-34-28-122-6)84(76-90(82)144-68-62-138-56-50-132-44-38-126-32-26-120-4)100(114)106-22-20-104-96(112)14-10-8-12-94-98-86(78-148-94)108-102(116)110-98)88(142-66-60-136-54-48-130-42-36-124-30-24-118-2)72-79(87)15-17-81-73-91(145-69-63-139-57-51-133-45-39-127-33-27-121-5)83(75-89(81)143-67-61-137-55-49-131-43-37-125-31-25-119-3)99(113)105-21-19-103-95(111)13-9-7-11-93-97-85(77-147-93)107-101(115)109-97/h15-18,71-76,85-86,93-94,97-98H,7-14,19-70,77-78H2,1-6H3,(H,103,111)(H,104,112)(H,105,113)(H,106,114)(H2,107,109,115)(H2,108,110,116)/b17-15+,18-16+. The fourth-order valence-corrected chi connectivity index (χ4v) is 17.8. The van der Waals surface area contributed by atoms with Crippen LogP contribution in [-0.4, -0.2) is 468 Å². The van der Waals surface area contributed by atoms with Gasteiger partial charge in [-0.05, 0) is 62.1 Å². The first-order valence-electron chi connectivity index (χ1n) is 51.3. The molecule has 0 radical (unpaired) electrons. The van der Waals surface area contributed by atoms with Crippen molar-refractivity contribution in [3.05, 3.63) is 69.8 Å². The van der Waals surface area contributed by atoms with Crippen LogP contribution in [0.4, 0.5) is 9.59 Å². The summed E-state index contributed by atoms with van der Waals surface area (Å²) in [5, 5.41) is 24.4. The predicted octanol–water partition coefficient (Wildman–Crippen LogP) is 5.62. The van der Waals surface area contributed by atoms with E-state index in [0.717, 1.165) is 37.2 Å². The lowest BCUT2D eigenvalue weighted by Gasteiger charge is -2.18. The molecule has 0 bridgehead atoms. The maximum Gasteiger partial charge on any atom is 0.315 e. The third-order valence-electron chi connectivity index (χ3n) is 22.3. The molecule has 0 aliphatic carbocycles. The van der Waals surface area contributed by atoms with Crippen molar-refractivity contribution in [3.8, 4) is 34.5 Å². The molecule has 148 heavy (non-hydrogen) atoms. The highest BCUT2D eigenvalue weighted by Gasteiger charge is 2.44. The SMILES string of the molecule is COCCOCCOCCOCCOc1cc(/C=C/c2cc(OCCOCCOCCOCCOC)c(C(=O)NCCNC(=O)CCCCC3SCC4NC(=O)NC43)cc2OCCOCCOCCOCCOC)c(OCCOCCOCCOCCOC)cc1/C=C/c1cc(OCCOCCOCCOCCOC)c(C(=O)NCCNC(=O)CCCCC2SCC3NC(=O)NC32)cc1OCCOCCOCCOCCOC. The van der Waals surface area contributed by atoms with Crippen LogP contribution in [0.25, 0.3) is 24.3 Å². The Morgan fingerprint density at radius 1 is 0.264 bits per heavy atom. The Labute approximate surface area is 880 Å². The largest absolute Gasteiger partial charge is 0.491 e. The fourth-order valence-electron chi connectivity index (χ4n) is 14.8. The van der Waals surface area contributed by atoms with Gasteiger partial charge in [0.05, 0.1) is 313 Å². The van der Waals surface area contributed by atoms with Crippen molar-refractivity contribution in [1.82, 2.24) is 42.5 Å². The number of unbranched alkanes of at least 4 members (excludes halogenated alkanes) is 2. The predicted molar refractivity (Wildman–Crippen MR) is 555 cm³/mol. The fraction of sp³-hybridized carbons (Fsp3) is 0.725. The van der Waals surface area contributed by atoms with Crippen LogP contribution in [0.5, 0.6) is 34.5 Å². The van der Waals surface area contributed by atoms with Crippen molar-refractivity contribution in [2.24, 2.45) is 0 Å². The molecule has 4 aliphatic rings. The van der Waals surface area contributed by atoms with Crippen LogP contribution in [0, 0.1) is 0 Å². The first-order valence-corrected chi connectivity index (χ1v) is 53.4. The van der Waals surface area contributed by atoms with Crippen molar-refractivity contribution >= 4 is 83.5 Å². The Kier molecular flexibility index (Phi) is 73.4. The maximum atomic E-state index is 14.8. The molecule has 6 atom stereocenters. The van der Waals surface area contributed by atoms with Crippen LogP contribution in [0.15, 0.2) is 36.4 Å². The van der Waals surface area contributed by atoms with E-state index < -0.39 is 11.8 Å². The Morgan fingerprint density at radius 2 is 0.466 bits per heavy atom. The summed E-state index contributed by atoms with van der Waals surface area (Å²) in [6.07, 6.45) is 12.4. The van der Waals surface area contributed by atoms with Crippen LogP contribution in [0.2, 0.25) is 0 Å². The molecule has 4 aliphatic heterocycles. The second-order valence-corrected chi connectivity index (χ2v) is 35.9. The van der Waals surface area contributed by atoms with Gasteiger partial charge in [-0.3, -0.25) is 19.2 Å². The average Bonchev–Trinajstić information content (AvgIpc) is 1.50. The van der Waals surface area contributed by atoms with Crippen molar-refractivity contribution in [2.75, 3.05) is 397 Å². The minimum absolute atomic E-state index is 0.000296. The number of nitrogens with one attached hydrogen (secondary N) is 8. The van der Waals surface area contributed by atoms with Crippen molar-refractivity contribution in [1.29, 1.82) is 0 Å². The lowest BCUT2D eigenvalue weighted by atomic mass is 10.0. The summed E-state index contributed by atoms with van der Waals surface area (Å²) < 4.78 is 175. The maximum absolute atomic E-state index is 14.8. The second kappa shape index (κ2) is 85.5. The quantitative estimate of drug-likeness (QED) is 0.0193. The van der Waals surface area contributed by atoms with Gasteiger partial charge < -0.3 is 185 Å². The lowest BCUT2D eigenvalue weighted by Crippen LogP contribution is -2.36. The summed E-state index contributed by atoms with van der Waals surface area (Å²) in [5.74, 6) is 1.91. The van der Waals surface area contributed by atoms with Gasteiger partial charge in [0.1, 0.15) is 74.1 Å². The van der Waals surface area contributed by atoms with Gasteiger partial charge in [0.25, 0.3) is 11.8 Å². The molecule has 0 spiro atoms. The van der Waals surface area contributed by atoms with E-state index in [4.69, 9.17) is 142 Å². The lowest BCUT2D eigenvalue weighted by molar-refractivity contribution is -0.122. The number of ether oxygens (including phenoxy) is 30. The van der Waals surface area contributed by atoms with Gasteiger partial charge in [0.15, 0.2) is 0 Å². The Morgan fingerprint density at radius 3 is 0.703 bits per heavy atom. The minimum atomic E-state index is -0.523. The molecule has 3 aromatic carbocycles. The number of urea groups is 2. The zero-order valence-corrected chi connectivity index (χ0v) is 89.2. The number of benzene rings is 3. The molecule has 4 saturated heterocycles. The Bertz CT molecular complexity index is 3800. The summed E-state index contributed by atoms with van der Waals surface area (Å²) in [6.45, 7) is 14.2. The van der Waals surface area contributed by atoms with Crippen molar-refractivity contribution < 1.29 is 171 Å². The highest BCUT2D eigenvalue weighted by molar-refractivity contribution is 8.00. The minimum Gasteiger partial charge on any atom is -0.491 e. The molecule has 0 saturated carbocycles. The Balaban J connectivity index is 1.26. The molecule has 8 amide bonds. The number of thioether (sulfide) groups is 2. The van der Waals surface area contributed by atoms with Crippen LogP contribution in [0.1, 0.15) is 94.3 Å². The highest BCUT2D eigenvalue weighted by Crippen LogP contribution is 2.39. The van der Waals surface area contributed by atoms with Gasteiger partial charge in [-0.1, -0.05) is 37.1 Å². The molecule has 4 fully saturated rings. The number of hydrogen-bond acceptors (Lipinski definition) is 38. The summed E-state index contributed by atoms with van der Waals surface area (Å²) >= 11 is 3.66. The van der Waals surface area contributed by atoms with E-state index in [-0.39, 0.29) is 290 Å². The van der Waals surface area contributed by atoms with E-state index in [2.05, 4.69) is 42.5 Å². The van der Waals surface area contributed by atoms with Crippen LogP contribution < -0.4 is 71.0 Å². The molecule has 8 N–H and O–H groups in total. The third-order valence-corrected chi connectivity index (χ3v) is 25.4.